The Labute approximate surface area is 113 Å². The fourth-order valence-corrected chi connectivity index (χ4v) is 2.39. The van der Waals surface area contributed by atoms with Gasteiger partial charge in [-0.2, -0.15) is 0 Å². The number of rotatable bonds is 4. The zero-order valence-corrected chi connectivity index (χ0v) is 11.3. The van der Waals surface area contributed by atoms with Gasteiger partial charge in [0, 0.05) is 19.2 Å². The summed E-state index contributed by atoms with van der Waals surface area (Å²) in [5.41, 5.74) is 1.11. The summed E-state index contributed by atoms with van der Waals surface area (Å²) in [5.74, 6) is -0.977. The van der Waals surface area contributed by atoms with Gasteiger partial charge in [0.15, 0.2) is 0 Å². The van der Waals surface area contributed by atoms with Crippen LogP contribution in [0.2, 0.25) is 0 Å². The van der Waals surface area contributed by atoms with E-state index in [1.807, 2.05) is 31.2 Å². The Hall–Kier alpha value is -1.84. The van der Waals surface area contributed by atoms with Crippen LogP contribution in [0.25, 0.3) is 0 Å². The Morgan fingerprint density at radius 1 is 1.26 bits per heavy atom. The van der Waals surface area contributed by atoms with Gasteiger partial charge in [0.25, 0.3) is 0 Å². The van der Waals surface area contributed by atoms with E-state index in [0.717, 1.165) is 17.7 Å². The number of carbonyl (C=O) groups is 2. The molecule has 1 fully saturated rings. The molecule has 0 saturated heterocycles. The second-order valence-corrected chi connectivity index (χ2v) is 5.40. The van der Waals surface area contributed by atoms with Crippen molar-refractivity contribution in [3.05, 3.63) is 29.8 Å². The van der Waals surface area contributed by atoms with Crippen molar-refractivity contribution in [3.63, 3.8) is 0 Å². The van der Waals surface area contributed by atoms with Crippen LogP contribution in [0.4, 0.5) is 5.69 Å². The maximum Gasteiger partial charge on any atom is 0.310 e. The Morgan fingerprint density at radius 3 is 2.26 bits per heavy atom. The molecule has 1 aliphatic rings. The van der Waals surface area contributed by atoms with Crippen LogP contribution in [0.5, 0.6) is 0 Å². The first-order valence-corrected chi connectivity index (χ1v) is 6.51. The number of nitrogens with zero attached hydrogens (tertiary/aromatic N) is 1. The van der Waals surface area contributed by atoms with E-state index in [4.69, 9.17) is 0 Å². The molecule has 0 aromatic heterocycles. The van der Waals surface area contributed by atoms with Gasteiger partial charge in [-0.25, -0.2) is 0 Å². The minimum absolute atomic E-state index is 0.0900. The highest BCUT2D eigenvalue weighted by Crippen LogP contribution is 2.44. The fourth-order valence-electron chi connectivity index (χ4n) is 2.39. The third kappa shape index (κ3) is 2.62. The standard InChI is InChI=1S/C15H19NO3/c1-11-4-6-12(7-5-11)16(2)13(17)10-15(14(18)19)8-3-9-15/h4-7H,3,8-10H2,1-2H3,(H,18,19). The first-order valence-electron chi connectivity index (χ1n) is 6.51. The summed E-state index contributed by atoms with van der Waals surface area (Å²) in [6.45, 7) is 1.99. The Morgan fingerprint density at radius 2 is 1.84 bits per heavy atom. The van der Waals surface area contributed by atoms with Gasteiger partial charge in [-0.05, 0) is 31.9 Å². The van der Waals surface area contributed by atoms with Crippen LogP contribution in [-0.4, -0.2) is 24.0 Å². The van der Waals surface area contributed by atoms with E-state index in [-0.39, 0.29) is 12.3 Å². The maximum absolute atomic E-state index is 12.2. The summed E-state index contributed by atoms with van der Waals surface area (Å²) in [7, 11) is 1.70. The number of carboxylic acid groups (broad SMARTS) is 1. The number of anilines is 1. The fraction of sp³-hybridized carbons (Fsp3) is 0.467. The number of aryl methyl sites for hydroxylation is 1. The highest BCUT2D eigenvalue weighted by molar-refractivity contribution is 5.96. The average Bonchev–Trinajstić information content (AvgIpc) is 2.33. The van der Waals surface area contributed by atoms with Crippen molar-refractivity contribution in [1.82, 2.24) is 0 Å². The summed E-state index contributed by atoms with van der Waals surface area (Å²) in [5, 5.41) is 9.25. The molecular formula is C15H19NO3. The smallest absolute Gasteiger partial charge is 0.310 e. The van der Waals surface area contributed by atoms with Crippen molar-refractivity contribution in [2.75, 3.05) is 11.9 Å². The summed E-state index contributed by atoms with van der Waals surface area (Å²) < 4.78 is 0. The van der Waals surface area contributed by atoms with Gasteiger partial charge in [-0.15, -0.1) is 0 Å². The highest BCUT2D eigenvalue weighted by Gasteiger charge is 2.46. The van der Waals surface area contributed by atoms with Crippen molar-refractivity contribution < 1.29 is 14.7 Å². The molecule has 0 unspecified atom stereocenters. The first-order chi connectivity index (χ1) is 8.94. The normalized spacial score (nSPS) is 16.5. The van der Waals surface area contributed by atoms with Crippen LogP contribution in [-0.2, 0) is 9.59 Å². The largest absolute Gasteiger partial charge is 0.481 e. The first kappa shape index (κ1) is 13.6. The molecule has 1 aromatic carbocycles. The molecule has 4 nitrogen and oxygen atoms in total. The molecule has 0 bridgehead atoms. The lowest BCUT2D eigenvalue weighted by Crippen LogP contribution is -2.43. The molecule has 1 saturated carbocycles. The number of amides is 1. The lowest BCUT2D eigenvalue weighted by molar-refractivity contribution is -0.157. The molecule has 0 spiro atoms. The van der Waals surface area contributed by atoms with Crippen LogP contribution in [0, 0.1) is 12.3 Å². The van der Waals surface area contributed by atoms with Gasteiger partial charge in [0.2, 0.25) is 5.91 Å². The van der Waals surface area contributed by atoms with Gasteiger partial charge in [0.1, 0.15) is 0 Å². The molecule has 19 heavy (non-hydrogen) atoms. The molecular weight excluding hydrogens is 242 g/mol. The number of hydrogen-bond acceptors (Lipinski definition) is 2. The molecule has 0 heterocycles. The SMILES string of the molecule is Cc1ccc(N(C)C(=O)CC2(C(=O)O)CCC2)cc1. The Balaban J connectivity index is 2.07. The molecule has 2 rings (SSSR count). The van der Waals surface area contributed by atoms with Crippen LogP contribution < -0.4 is 4.90 Å². The van der Waals surface area contributed by atoms with E-state index >= 15 is 0 Å². The van der Waals surface area contributed by atoms with Gasteiger partial charge in [-0.1, -0.05) is 24.1 Å². The van der Waals surface area contributed by atoms with Crippen LogP contribution in [0.1, 0.15) is 31.2 Å². The third-order valence-electron chi connectivity index (χ3n) is 4.05. The van der Waals surface area contributed by atoms with E-state index in [1.165, 1.54) is 0 Å². The predicted molar refractivity (Wildman–Crippen MR) is 73.1 cm³/mol. The lowest BCUT2D eigenvalue weighted by Gasteiger charge is -2.38. The summed E-state index contributed by atoms with van der Waals surface area (Å²) in [6.07, 6.45) is 2.20. The van der Waals surface area contributed by atoms with E-state index in [1.54, 1.807) is 11.9 Å². The summed E-state index contributed by atoms with van der Waals surface area (Å²) >= 11 is 0. The minimum Gasteiger partial charge on any atom is -0.481 e. The molecule has 1 amide bonds. The lowest BCUT2D eigenvalue weighted by atomic mass is 9.66. The molecule has 0 aliphatic heterocycles. The molecule has 1 aliphatic carbocycles. The van der Waals surface area contributed by atoms with E-state index in [2.05, 4.69) is 0 Å². The molecule has 102 valence electrons. The van der Waals surface area contributed by atoms with Crippen LogP contribution in [0.3, 0.4) is 0 Å². The predicted octanol–water partition coefficient (Wildman–Crippen LogP) is 2.60. The average molecular weight is 261 g/mol. The monoisotopic (exact) mass is 261 g/mol. The van der Waals surface area contributed by atoms with Crippen molar-refractivity contribution in [3.8, 4) is 0 Å². The van der Waals surface area contributed by atoms with Gasteiger partial charge >= 0.3 is 5.97 Å². The zero-order chi connectivity index (χ0) is 14.0. The molecule has 0 radical (unpaired) electrons. The van der Waals surface area contributed by atoms with Gasteiger partial charge < -0.3 is 10.0 Å². The topological polar surface area (TPSA) is 57.6 Å². The second kappa shape index (κ2) is 5.03. The number of carboxylic acids is 1. The Kier molecular flexibility index (Phi) is 3.60. The minimum atomic E-state index is -0.843. The maximum atomic E-state index is 12.2. The number of carbonyl (C=O) groups excluding carboxylic acids is 1. The van der Waals surface area contributed by atoms with E-state index < -0.39 is 11.4 Å². The van der Waals surface area contributed by atoms with Crippen molar-refractivity contribution >= 4 is 17.6 Å². The number of benzene rings is 1. The molecule has 1 aromatic rings. The molecule has 0 atom stereocenters. The van der Waals surface area contributed by atoms with E-state index in [0.29, 0.717) is 12.8 Å². The van der Waals surface area contributed by atoms with Crippen molar-refractivity contribution in [2.24, 2.45) is 5.41 Å². The zero-order valence-electron chi connectivity index (χ0n) is 11.3. The number of hydrogen-bond donors (Lipinski definition) is 1. The van der Waals surface area contributed by atoms with Crippen LogP contribution >= 0.6 is 0 Å². The quantitative estimate of drug-likeness (QED) is 0.906. The number of aliphatic carboxylic acids is 1. The van der Waals surface area contributed by atoms with Crippen molar-refractivity contribution in [2.45, 2.75) is 32.6 Å². The summed E-state index contributed by atoms with van der Waals surface area (Å²) in [6, 6.07) is 7.63. The summed E-state index contributed by atoms with van der Waals surface area (Å²) in [4.78, 5) is 25.0. The molecule has 1 N–H and O–H groups in total. The van der Waals surface area contributed by atoms with Crippen molar-refractivity contribution in [1.29, 1.82) is 0 Å². The van der Waals surface area contributed by atoms with Gasteiger partial charge in [-0.3, -0.25) is 9.59 Å². The van der Waals surface area contributed by atoms with E-state index in [9.17, 15) is 14.7 Å². The Bertz CT molecular complexity index is 489. The van der Waals surface area contributed by atoms with Crippen LogP contribution in [0.15, 0.2) is 24.3 Å². The second-order valence-electron chi connectivity index (χ2n) is 5.40. The molecule has 4 heteroatoms. The third-order valence-corrected chi connectivity index (χ3v) is 4.05. The highest BCUT2D eigenvalue weighted by atomic mass is 16.4. The van der Waals surface area contributed by atoms with Gasteiger partial charge in [0.05, 0.1) is 5.41 Å².